The lowest BCUT2D eigenvalue weighted by atomic mass is 10.0. The molecule has 0 aromatic heterocycles. The van der Waals surface area contributed by atoms with E-state index in [0.29, 0.717) is 23.3 Å². The molecular formula is C30H34ClNO6S. The summed E-state index contributed by atoms with van der Waals surface area (Å²) in [6.07, 6.45) is -0.644. The fourth-order valence-corrected chi connectivity index (χ4v) is 5.76. The van der Waals surface area contributed by atoms with Gasteiger partial charge in [-0.25, -0.2) is 13.2 Å². The Kier molecular flexibility index (Phi) is 9.59. The molecule has 1 N–H and O–H groups in total. The number of carbonyl (C=O) groups excluding carboxylic acids is 2. The van der Waals surface area contributed by atoms with Crippen molar-refractivity contribution < 1.29 is 27.9 Å². The number of nitrogens with zero attached hydrogens (tertiary/aromatic N) is 1. The average Bonchev–Trinajstić information content (AvgIpc) is 2.86. The molecule has 0 fully saturated rings. The smallest absolute Gasteiger partial charge is 0.410 e. The Bertz CT molecular complexity index is 1430. The Hall–Kier alpha value is -3.20. The first-order valence-corrected chi connectivity index (χ1v) is 14.4. The van der Waals surface area contributed by atoms with Crippen LogP contribution in [-0.2, 0) is 21.0 Å². The van der Waals surface area contributed by atoms with Crippen LogP contribution >= 0.6 is 11.6 Å². The maximum atomic E-state index is 13.2. The third-order valence-corrected chi connectivity index (χ3v) is 8.19. The zero-order chi connectivity index (χ0) is 29.0. The third-order valence-electron chi connectivity index (χ3n) is 6.11. The van der Waals surface area contributed by atoms with Crippen molar-refractivity contribution in [2.24, 2.45) is 0 Å². The van der Waals surface area contributed by atoms with Crippen molar-refractivity contribution in [2.75, 3.05) is 6.54 Å². The standard InChI is InChI=1S/C30H34ClNO6S/c1-20-9-14-28(24(15-20)19-33)39(36,37)26-12-10-22(11-13-26)16-21(2)32(29(35)38-30(3,4)5)18-27(34)23-7-6-8-25(31)17-23/h6-15,17,19,21,27,34H,16,18H2,1-5H3/t21-,27+/m1/s1. The van der Waals surface area contributed by atoms with E-state index in [-0.39, 0.29) is 21.9 Å². The van der Waals surface area contributed by atoms with Gasteiger partial charge in [-0.1, -0.05) is 47.5 Å². The lowest BCUT2D eigenvalue weighted by Crippen LogP contribution is -2.45. The van der Waals surface area contributed by atoms with E-state index >= 15 is 0 Å². The molecule has 0 saturated heterocycles. The Morgan fingerprint density at radius 3 is 2.33 bits per heavy atom. The van der Waals surface area contributed by atoms with Gasteiger partial charge in [-0.15, -0.1) is 0 Å². The number of aliphatic hydroxyl groups is 1. The minimum absolute atomic E-state index is 0.0230. The van der Waals surface area contributed by atoms with E-state index in [1.165, 1.54) is 23.1 Å². The van der Waals surface area contributed by atoms with E-state index in [0.717, 1.165) is 11.1 Å². The maximum Gasteiger partial charge on any atom is 0.410 e. The highest BCUT2D eigenvalue weighted by Crippen LogP contribution is 2.26. The highest BCUT2D eigenvalue weighted by molar-refractivity contribution is 7.91. The number of aryl methyl sites for hydroxylation is 1. The van der Waals surface area contributed by atoms with Crippen molar-refractivity contribution in [1.82, 2.24) is 4.90 Å². The summed E-state index contributed by atoms with van der Waals surface area (Å²) in [7, 11) is -3.90. The average molecular weight is 572 g/mol. The van der Waals surface area contributed by atoms with E-state index in [9.17, 15) is 23.1 Å². The summed E-state index contributed by atoms with van der Waals surface area (Å²) in [6.45, 7) is 8.90. The molecule has 7 nitrogen and oxygen atoms in total. The van der Waals surface area contributed by atoms with E-state index < -0.39 is 33.7 Å². The lowest BCUT2D eigenvalue weighted by molar-refractivity contribution is 0.00547. The zero-order valence-corrected chi connectivity index (χ0v) is 24.3. The molecule has 0 unspecified atom stereocenters. The molecule has 3 aromatic carbocycles. The van der Waals surface area contributed by atoms with Crippen molar-refractivity contribution in [3.8, 4) is 0 Å². The van der Waals surface area contributed by atoms with Gasteiger partial charge in [0.25, 0.3) is 0 Å². The highest BCUT2D eigenvalue weighted by Gasteiger charge is 2.29. The number of halogens is 1. The van der Waals surface area contributed by atoms with Crippen LogP contribution in [0.1, 0.15) is 60.8 Å². The number of hydrogen-bond acceptors (Lipinski definition) is 6. The number of carbonyl (C=O) groups is 2. The topological polar surface area (TPSA) is 101 Å². The van der Waals surface area contributed by atoms with Gasteiger partial charge in [-0.2, -0.15) is 0 Å². The Labute approximate surface area is 235 Å². The summed E-state index contributed by atoms with van der Waals surface area (Å²) in [5.74, 6) is 0. The number of hydrogen-bond donors (Lipinski definition) is 1. The molecular weight excluding hydrogens is 538 g/mol. The van der Waals surface area contributed by atoms with Crippen LogP contribution in [0.4, 0.5) is 4.79 Å². The number of aldehydes is 1. The second-order valence-electron chi connectivity index (χ2n) is 10.6. The van der Waals surface area contributed by atoms with Crippen molar-refractivity contribution in [3.05, 3.63) is 94.0 Å². The van der Waals surface area contributed by atoms with Crippen LogP contribution in [0.15, 0.2) is 76.5 Å². The van der Waals surface area contributed by atoms with Crippen LogP contribution in [0.25, 0.3) is 0 Å². The summed E-state index contributed by atoms with van der Waals surface area (Å²) in [6, 6.07) is 17.4. The molecule has 1 amide bonds. The number of amides is 1. The number of rotatable bonds is 9. The first-order valence-electron chi connectivity index (χ1n) is 12.5. The van der Waals surface area contributed by atoms with Crippen LogP contribution in [0.5, 0.6) is 0 Å². The molecule has 0 aliphatic heterocycles. The maximum absolute atomic E-state index is 13.2. The van der Waals surface area contributed by atoms with E-state index in [1.807, 2.05) is 6.92 Å². The van der Waals surface area contributed by atoms with Crippen molar-refractivity contribution >= 4 is 33.8 Å². The van der Waals surface area contributed by atoms with Gasteiger partial charge >= 0.3 is 6.09 Å². The van der Waals surface area contributed by atoms with Gasteiger partial charge in [0.1, 0.15) is 5.60 Å². The van der Waals surface area contributed by atoms with E-state index in [4.69, 9.17) is 16.3 Å². The van der Waals surface area contributed by atoms with Gasteiger partial charge in [0.15, 0.2) is 6.29 Å². The molecule has 39 heavy (non-hydrogen) atoms. The van der Waals surface area contributed by atoms with Gasteiger partial charge < -0.3 is 14.7 Å². The van der Waals surface area contributed by atoms with Crippen LogP contribution in [-0.4, -0.2) is 49.0 Å². The summed E-state index contributed by atoms with van der Waals surface area (Å²) in [4.78, 5) is 26.1. The summed E-state index contributed by atoms with van der Waals surface area (Å²) in [5, 5.41) is 11.3. The molecule has 0 heterocycles. The van der Waals surface area contributed by atoms with Gasteiger partial charge in [0, 0.05) is 16.6 Å². The zero-order valence-electron chi connectivity index (χ0n) is 22.7. The second kappa shape index (κ2) is 12.3. The van der Waals surface area contributed by atoms with Gasteiger partial charge in [0.05, 0.1) is 22.4 Å². The molecule has 2 atom stereocenters. The molecule has 9 heteroatoms. The lowest BCUT2D eigenvalue weighted by Gasteiger charge is -2.33. The number of sulfone groups is 1. The fraction of sp³-hybridized carbons (Fsp3) is 0.333. The number of benzene rings is 3. The first-order chi connectivity index (χ1) is 18.2. The van der Waals surface area contributed by atoms with Crippen molar-refractivity contribution in [2.45, 2.75) is 68.6 Å². The molecule has 0 aliphatic carbocycles. The fourth-order valence-electron chi connectivity index (χ4n) is 4.15. The molecule has 3 aromatic rings. The molecule has 208 valence electrons. The Balaban J connectivity index is 1.83. The number of ether oxygens (including phenoxy) is 1. The first kappa shape index (κ1) is 30.3. The summed E-state index contributed by atoms with van der Waals surface area (Å²) < 4.78 is 32.0. The van der Waals surface area contributed by atoms with Crippen molar-refractivity contribution in [3.63, 3.8) is 0 Å². The van der Waals surface area contributed by atoms with Crippen LogP contribution in [0, 0.1) is 6.92 Å². The summed E-state index contributed by atoms with van der Waals surface area (Å²) in [5.41, 5.74) is 1.52. The minimum atomic E-state index is -3.90. The Morgan fingerprint density at radius 2 is 1.74 bits per heavy atom. The molecule has 0 spiro atoms. The predicted molar refractivity (Wildman–Crippen MR) is 151 cm³/mol. The molecule has 0 saturated carbocycles. The molecule has 0 bridgehead atoms. The van der Waals surface area contributed by atoms with Crippen molar-refractivity contribution in [1.29, 1.82) is 0 Å². The summed E-state index contributed by atoms with van der Waals surface area (Å²) >= 11 is 6.08. The minimum Gasteiger partial charge on any atom is -0.444 e. The van der Waals surface area contributed by atoms with Gasteiger partial charge in [-0.05, 0) is 88.6 Å². The second-order valence-corrected chi connectivity index (χ2v) is 12.9. The molecule has 0 aliphatic rings. The molecule has 0 radical (unpaired) electrons. The quantitative estimate of drug-likeness (QED) is 0.307. The molecule has 3 rings (SSSR count). The predicted octanol–water partition coefficient (Wildman–Crippen LogP) is 6.20. The van der Waals surface area contributed by atoms with Gasteiger partial charge in [-0.3, -0.25) is 4.79 Å². The van der Waals surface area contributed by atoms with Crippen LogP contribution in [0.3, 0.4) is 0 Å². The monoisotopic (exact) mass is 571 g/mol. The highest BCUT2D eigenvalue weighted by atomic mass is 35.5. The van der Waals surface area contributed by atoms with Crippen LogP contribution < -0.4 is 0 Å². The number of aliphatic hydroxyl groups excluding tert-OH is 1. The van der Waals surface area contributed by atoms with E-state index in [1.54, 1.807) is 76.2 Å². The van der Waals surface area contributed by atoms with E-state index in [2.05, 4.69) is 0 Å². The largest absolute Gasteiger partial charge is 0.444 e. The third kappa shape index (κ3) is 7.91. The van der Waals surface area contributed by atoms with Crippen LogP contribution in [0.2, 0.25) is 5.02 Å². The Morgan fingerprint density at radius 1 is 1.08 bits per heavy atom. The SMILES string of the molecule is Cc1ccc(S(=O)(=O)c2ccc(C[C@@H](C)N(C[C@H](O)c3cccc(Cl)c3)C(=O)OC(C)(C)C)cc2)c(C=O)c1. The van der Waals surface area contributed by atoms with Gasteiger partial charge in [0.2, 0.25) is 9.84 Å². The normalized spacial score (nSPS) is 13.4.